The van der Waals surface area contributed by atoms with Gasteiger partial charge < -0.3 is 4.90 Å². The summed E-state index contributed by atoms with van der Waals surface area (Å²) in [4.78, 5) is 14.3. The van der Waals surface area contributed by atoms with Crippen LogP contribution in [-0.4, -0.2) is 33.7 Å². The number of rotatable bonds is 4. The first-order valence-corrected chi connectivity index (χ1v) is 7.53. The standard InChI is InChI=1S/C16H18ClN3O/c1-11(12-7-8-12)19(2)16(21)14-9-10-20(18-14)15-6-4-3-5-13(15)17/h3-6,9-12H,7-8H2,1-2H3/t11-/m1/s1. The van der Waals surface area contributed by atoms with Gasteiger partial charge in [0.1, 0.15) is 0 Å². The smallest absolute Gasteiger partial charge is 0.274 e. The van der Waals surface area contributed by atoms with E-state index in [1.54, 1.807) is 27.9 Å². The molecule has 0 spiro atoms. The van der Waals surface area contributed by atoms with E-state index in [4.69, 9.17) is 11.6 Å². The lowest BCUT2D eigenvalue weighted by Gasteiger charge is -2.23. The summed E-state index contributed by atoms with van der Waals surface area (Å²) >= 11 is 6.15. The van der Waals surface area contributed by atoms with E-state index in [0.717, 1.165) is 5.69 Å². The Morgan fingerprint density at radius 2 is 2.10 bits per heavy atom. The normalized spacial score (nSPS) is 15.8. The molecular weight excluding hydrogens is 286 g/mol. The quantitative estimate of drug-likeness (QED) is 0.868. The Bertz CT molecular complexity index is 663. The van der Waals surface area contributed by atoms with Gasteiger partial charge >= 0.3 is 0 Å². The fraction of sp³-hybridized carbons (Fsp3) is 0.375. The van der Waals surface area contributed by atoms with Gasteiger partial charge in [-0.25, -0.2) is 4.68 Å². The average Bonchev–Trinajstić information content (AvgIpc) is 3.23. The first-order chi connectivity index (χ1) is 10.1. The Morgan fingerprint density at radius 3 is 2.76 bits per heavy atom. The SMILES string of the molecule is C[C@H](C1CC1)N(C)C(=O)c1ccn(-c2ccccc2Cl)n1. The number of halogens is 1. The molecule has 1 fully saturated rings. The summed E-state index contributed by atoms with van der Waals surface area (Å²) in [5.41, 5.74) is 1.22. The predicted octanol–water partition coefficient (Wildman–Crippen LogP) is 3.40. The zero-order valence-corrected chi connectivity index (χ0v) is 12.9. The minimum atomic E-state index is -0.0415. The van der Waals surface area contributed by atoms with Crippen molar-refractivity contribution in [1.82, 2.24) is 14.7 Å². The Kier molecular flexibility index (Phi) is 3.72. The lowest BCUT2D eigenvalue weighted by atomic mass is 10.2. The summed E-state index contributed by atoms with van der Waals surface area (Å²) in [7, 11) is 1.85. The molecule has 4 nitrogen and oxygen atoms in total. The summed E-state index contributed by atoms with van der Waals surface area (Å²) in [6.07, 6.45) is 4.20. The summed E-state index contributed by atoms with van der Waals surface area (Å²) in [5, 5.41) is 4.98. The van der Waals surface area contributed by atoms with E-state index < -0.39 is 0 Å². The number of carbonyl (C=O) groups excluding carboxylic acids is 1. The second kappa shape index (κ2) is 5.53. The molecule has 0 bridgehead atoms. The van der Waals surface area contributed by atoms with Gasteiger partial charge in [0, 0.05) is 19.3 Å². The van der Waals surface area contributed by atoms with E-state index >= 15 is 0 Å². The van der Waals surface area contributed by atoms with Crippen LogP contribution in [0.2, 0.25) is 5.02 Å². The molecule has 21 heavy (non-hydrogen) atoms. The van der Waals surface area contributed by atoms with Gasteiger partial charge in [0.2, 0.25) is 0 Å². The predicted molar refractivity (Wildman–Crippen MR) is 82.9 cm³/mol. The first-order valence-electron chi connectivity index (χ1n) is 7.15. The fourth-order valence-corrected chi connectivity index (χ4v) is 2.69. The summed E-state index contributed by atoms with van der Waals surface area (Å²) in [6, 6.07) is 9.45. The molecule has 1 atom stereocenters. The van der Waals surface area contributed by atoms with Crippen LogP contribution in [0, 0.1) is 5.92 Å². The lowest BCUT2D eigenvalue weighted by molar-refractivity contribution is 0.0721. The van der Waals surface area contributed by atoms with Crippen molar-refractivity contribution in [3.8, 4) is 5.69 Å². The van der Waals surface area contributed by atoms with Crippen molar-refractivity contribution in [1.29, 1.82) is 0 Å². The highest BCUT2D eigenvalue weighted by molar-refractivity contribution is 6.32. The third kappa shape index (κ3) is 2.81. The maximum Gasteiger partial charge on any atom is 0.274 e. The minimum Gasteiger partial charge on any atom is -0.337 e. The highest BCUT2D eigenvalue weighted by Gasteiger charge is 2.33. The first kappa shape index (κ1) is 14.1. The Morgan fingerprint density at radius 1 is 1.38 bits per heavy atom. The number of hydrogen-bond acceptors (Lipinski definition) is 2. The van der Waals surface area contributed by atoms with Gasteiger partial charge in [0.15, 0.2) is 5.69 Å². The van der Waals surface area contributed by atoms with E-state index in [2.05, 4.69) is 12.0 Å². The number of nitrogens with zero attached hydrogens (tertiary/aromatic N) is 3. The average molecular weight is 304 g/mol. The number of hydrogen-bond donors (Lipinski definition) is 0. The highest BCUT2D eigenvalue weighted by Crippen LogP contribution is 2.35. The van der Waals surface area contributed by atoms with E-state index in [9.17, 15) is 4.79 Å². The Labute approximate surface area is 129 Å². The number of para-hydroxylation sites is 1. The zero-order valence-electron chi connectivity index (χ0n) is 12.2. The molecule has 1 saturated carbocycles. The Hall–Kier alpha value is -1.81. The minimum absolute atomic E-state index is 0.0415. The lowest BCUT2D eigenvalue weighted by Crippen LogP contribution is -2.36. The number of benzene rings is 1. The van der Waals surface area contributed by atoms with Crippen LogP contribution in [0.5, 0.6) is 0 Å². The van der Waals surface area contributed by atoms with E-state index in [1.807, 2.05) is 25.2 Å². The molecule has 1 aliphatic rings. The molecule has 1 heterocycles. The third-order valence-electron chi connectivity index (χ3n) is 4.14. The maximum absolute atomic E-state index is 12.5. The summed E-state index contributed by atoms with van der Waals surface area (Å²) in [5.74, 6) is 0.602. The topological polar surface area (TPSA) is 38.1 Å². The number of aromatic nitrogens is 2. The van der Waals surface area contributed by atoms with Crippen LogP contribution >= 0.6 is 11.6 Å². The molecule has 0 radical (unpaired) electrons. The molecule has 0 unspecified atom stereocenters. The van der Waals surface area contributed by atoms with Crippen LogP contribution in [0.15, 0.2) is 36.5 Å². The largest absolute Gasteiger partial charge is 0.337 e. The molecule has 5 heteroatoms. The molecule has 1 aromatic heterocycles. The van der Waals surface area contributed by atoms with E-state index in [-0.39, 0.29) is 11.9 Å². The van der Waals surface area contributed by atoms with Crippen LogP contribution in [0.4, 0.5) is 0 Å². The monoisotopic (exact) mass is 303 g/mol. The molecule has 3 rings (SSSR count). The molecular formula is C16H18ClN3O. The van der Waals surface area contributed by atoms with Crippen molar-refractivity contribution < 1.29 is 4.79 Å². The fourth-order valence-electron chi connectivity index (χ4n) is 2.47. The molecule has 0 saturated heterocycles. The van der Waals surface area contributed by atoms with Gasteiger partial charge in [0.05, 0.1) is 10.7 Å². The molecule has 2 aromatic rings. The third-order valence-corrected chi connectivity index (χ3v) is 4.46. The van der Waals surface area contributed by atoms with Gasteiger partial charge in [-0.2, -0.15) is 5.10 Å². The van der Waals surface area contributed by atoms with Crippen LogP contribution in [-0.2, 0) is 0 Å². The molecule has 0 aliphatic heterocycles. The van der Waals surface area contributed by atoms with Crippen molar-refractivity contribution in [2.45, 2.75) is 25.8 Å². The van der Waals surface area contributed by atoms with Crippen molar-refractivity contribution in [3.63, 3.8) is 0 Å². The number of amides is 1. The van der Waals surface area contributed by atoms with Crippen molar-refractivity contribution >= 4 is 17.5 Å². The molecule has 1 aliphatic carbocycles. The van der Waals surface area contributed by atoms with Crippen molar-refractivity contribution in [2.75, 3.05) is 7.05 Å². The van der Waals surface area contributed by atoms with Crippen LogP contribution < -0.4 is 0 Å². The molecule has 1 amide bonds. The summed E-state index contributed by atoms with van der Waals surface area (Å²) in [6.45, 7) is 2.10. The zero-order chi connectivity index (χ0) is 15.0. The Balaban J connectivity index is 1.81. The van der Waals surface area contributed by atoms with Gasteiger partial charge in [-0.1, -0.05) is 23.7 Å². The molecule has 0 N–H and O–H groups in total. The van der Waals surface area contributed by atoms with E-state index in [0.29, 0.717) is 16.6 Å². The molecule has 1 aromatic carbocycles. The second-order valence-corrected chi connectivity index (χ2v) is 6.00. The van der Waals surface area contributed by atoms with Gasteiger partial charge in [-0.3, -0.25) is 4.79 Å². The van der Waals surface area contributed by atoms with Gasteiger partial charge in [0.25, 0.3) is 5.91 Å². The molecule has 110 valence electrons. The summed E-state index contributed by atoms with van der Waals surface area (Å²) < 4.78 is 1.64. The van der Waals surface area contributed by atoms with Crippen LogP contribution in [0.3, 0.4) is 0 Å². The van der Waals surface area contributed by atoms with Gasteiger partial charge in [-0.05, 0) is 43.9 Å². The number of carbonyl (C=O) groups is 1. The van der Waals surface area contributed by atoms with Crippen molar-refractivity contribution in [3.05, 3.63) is 47.2 Å². The highest BCUT2D eigenvalue weighted by atomic mass is 35.5. The van der Waals surface area contributed by atoms with Crippen LogP contribution in [0.25, 0.3) is 5.69 Å². The van der Waals surface area contributed by atoms with Gasteiger partial charge in [-0.15, -0.1) is 0 Å². The van der Waals surface area contributed by atoms with Crippen LogP contribution in [0.1, 0.15) is 30.3 Å². The maximum atomic E-state index is 12.5. The van der Waals surface area contributed by atoms with Crippen molar-refractivity contribution in [2.24, 2.45) is 5.92 Å². The second-order valence-electron chi connectivity index (χ2n) is 5.59. The van der Waals surface area contributed by atoms with E-state index in [1.165, 1.54) is 12.8 Å².